The van der Waals surface area contributed by atoms with Gasteiger partial charge < -0.3 is 10.2 Å². The van der Waals surface area contributed by atoms with Crippen molar-refractivity contribution in [2.75, 3.05) is 18.1 Å². The van der Waals surface area contributed by atoms with E-state index in [4.69, 9.17) is 10.2 Å². The molecule has 1 aliphatic rings. The molecule has 0 amide bonds. The third-order valence-corrected chi connectivity index (χ3v) is 4.72. The van der Waals surface area contributed by atoms with Crippen LogP contribution in [0.1, 0.15) is 25.7 Å². The highest BCUT2D eigenvalue weighted by molar-refractivity contribution is 7.91. The summed E-state index contributed by atoms with van der Waals surface area (Å²) >= 11 is 0. The lowest BCUT2D eigenvalue weighted by molar-refractivity contribution is -0.147. The highest BCUT2D eigenvalue weighted by atomic mass is 32.2. The number of carbonyl (C=O) groups is 1. The van der Waals surface area contributed by atoms with Crippen LogP contribution >= 0.6 is 0 Å². The molecule has 15 heavy (non-hydrogen) atoms. The molecule has 2 N–H and O–H groups in total. The fourth-order valence-electron chi connectivity index (χ4n) is 1.96. The topological polar surface area (TPSA) is 91.7 Å². The summed E-state index contributed by atoms with van der Waals surface area (Å²) in [6, 6.07) is 0. The second-order valence-electron chi connectivity index (χ2n) is 4.11. The average molecular weight is 236 g/mol. The van der Waals surface area contributed by atoms with Crippen molar-refractivity contribution in [1.82, 2.24) is 0 Å². The zero-order valence-corrected chi connectivity index (χ0v) is 9.29. The van der Waals surface area contributed by atoms with Gasteiger partial charge in [0.1, 0.15) is 0 Å². The Morgan fingerprint density at radius 3 is 2.40 bits per heavy atom. The second kappa shape index (κ2) is 4.49. The van der Waals surface area contributed by atoms with Gasteiger partial charge in [0, 0.05) is 6.61 Å². The fraction of sp³-hybridized carbons (Fsp3) is 0.889. The molecule has 1 atom stereocenters. The van der Waals surface area contributed by atoms with Crippen LogP contribution in [0.3, 0.4) is 0 Å². The third-order valence-electron chi connectivity index (χ3n) is 2.90. The van der Waals surface area contributed by atoms with Gasteiger partial charge in [-0.3, -0.25) is 4.79 Å². The van der Waals surface area contributed by atoms with Gasteiger partial charge >= 0.3 is 5.97 Å². The smallest absolute Gasteiger partial charge is 0.310 e. The molecule has 0 bridgehead atoms. The van der Waals surface area contributed by atoms with E-state index in [9.17, 15) is 13.2 Å². The Kier molecular flexibility index (Phi) is 3.72. The Labute approximate surface area is 89.0 Å². The van der Waals surface area contributed by atoms with Crippen molar-refractivity contribution in [3.63, 3.8) is 0 Å². The molecular formula is C9H16O5S. The van der Waals surface area contributed by atoms with E-state index in [2.05, 4.69) is 0 Å². The van der Waals surface area contributed by atoms with Crippen molar-refractivity contribution in [3.8, 4) is 0 Å². The van der Waals surface area contributed by atoms with E-state index < -0.39 is 21.2 Å². The molecule has 6 heteroatoms. The molecule has 0 aromatic heterocycles. The molecule has 1 saturated heterocycles. The summed E-state index contributed by atoms with van der Waals surface area (Å²) in [6.07, 6.45) is 1.62. The predicted octanol–water partition coefficient (Wildman–Crippen LogP) is 0.0385. The normalized spacial score (nSPS) is 29.1. The minimum absolute atomic E-state index is 0.0163. The van der Waals surface area contributed by atoms with Gasteiger partial charge in [-0.2, -0.15) is 0 Å². The van der Waals surface area contributed by atoms with E-state index in [1.807, 2.05) is 0 Å². The van der Waals surface area contributed by atoms with Crippen molar-refractivity contribution in [2.45, 2.75) is 25.7 Å². The zero-order chi connectivity index (χ0) is 11.5. The summed E-state index contributed by atoms with van der Waals surface area (Å²) in [5.41, 5.74) is -1.10. The lowest BCUT2D eigenvalue weighted by atomic mass is 9.82. The molecule has 0 aromatic rings. The van der Waals surface area contributed by atoms with Crippen LogP contribution < -0.4 is 0 Å². The number of carboxylic acids is 1. The summed E-state index contributed by atoms with van der Waals surface area (Å²) in [5.74, 6) is -1.30. The Morgan fingerprint density at radius 1 is 1.33 bits per heavy atom. The fourth-order valence-corrected chi connectivity index (χ4v) is 4.06. The molecule has 5 nitrogen and oxygen atoms in total. The van der Waals surface area contributed by atoms with Crippen molar-refractivity contribution in [3.05, 3.63) is 0 Å². The van der Waals surface area contributed by atoms with E-state index >= 15 is 0 Å². The summed E-state index contributed by atoms with van der Waals surface area (Å²) in [5, 5.41) is 17.7. The first-order valence-corrected chi connectivity index (χ1v) is 6.79. The quantitative estimate of drug-likeness (QED) is 0.657. The number of aliphatic carboxylic acids is 1. The van der Waals surface area contributed by atoms with E-state index in [0.29, 0.717) is 19.3 Å². The molecule has 88 valence electrons. The molecule has 1 unspecified atom stereocenters. The van der Waals surface area contributed by atoms with E-state index in [-0.39, 0.29) is 24.5 Å². The molecule has 1 aliphatic heterocycles. The molecular weight excluding hydrogens is 220 g/mol. The van der Waals surface area contributed by atoms with Crippen LogP contribution in [0.2, 0.25) is 0 Å². The molecule has 1 rings (SSSR count). The number of sulfone groups is 1. The van der Waals surface area contributed by atoms with E-state index in [1.165, 1.54) is 0 Å². The lowest BCUT2D eigenvalue weighted by Crippen LogP contribution is -2.32. The largest absolute Gasteiger partial charge is 0.481 e. The molecule has 0 spiro atoms. The summed E-state index contributed by atoms with van der Waals surface area (Å²) < 4.78 is 22.5. The Hall–Kier alpha value is -0.620. The van der Waals surface area contributed by atoms with Gasteiger partial charge in [0.05, 0.1) is 16.9 Å². The standard InChI is InChI=1S/C9H16O5S/c10-5-2-1-3-9(8(11)12)4-6-15(13,14)7-9/h10H,1-7H2,(H,11,12). The van der Waals surface area contributed by atoms with Gasteiger partial charge in [-0.25, -0.2) is 8.42 Å². The maximum Gasteiger partial charge on any atom is 0.310 e. The number of aliphatic hydroxyl groups is 1. The van der Waals surface area contributed by atoms with Gasteiger partial charge in [0.25, 0.3) is 0 Å². The lowest BCUT2D eigenvalue weighted by Gasteiger charge is -2.21. The van der Waals surface area contributed by atoms with Crippen LogP contribution in [0.25, 0.3) is 0 Å². The van der Waals surface area contributed by atoms with Crippen molar-refractivity contribution >= 4 is 15.8 Å². The Balaban J connectivity index is 2.70. The predicted molar refractivity (Wildman–Crippen MR) is 54.3 cm³/mol. The number of rotatable bonds is 5. The number of aliphatic hydroxyl groups excluding tert-OH is 1. The van der Waals surface area contributed by atoms with Crippen LogP contribution in [-0.2, 0) is 14.6 Å². The number of carboxylic acid groups (broad SMARTS) is 1. The van der Waals surface area contributed by atoms with Gasteiger partial charge in [-0.05, 0) is 25.7 Å². The number of hydrogen-bond acceptors (Lipinski definition) is 4. The van der Waals surface area contributed by atoms with Crippen LogP contribution in [0, 0.1) is 5.41 Å². The van der Waals surface area contributed by atoms with Crippen LogP contribution in [-0.4, -0.2) is 42.7 Å². The minimum atomic E-state index is -3.18. The second-order valence-corrected chi connectivity index (χ2v) is 6.29. The van der Waals surface area contributed by atoms with E-state index in [1.54, 1.807) is 0 Å². The van der Waals surface area contributed by atoms with E-state index in [0.717, 1.165) is 0 Å². The van der Waals surface area contributed by atoms with Crippen molar-refractivity contribution in [2.24, 2.45) is 5.41 Å². The van der Waals surface area contributed by atoms with Crippen molar-refractivity contribution < 1.29 is 23.4 Å². The van der Waals surface area contributed by atoms with Gasteiger partial charge in [-0.1, -0.05) is 0 Å². The molecule has 1 fully saturated rings. The van der Waals surface area contributed by atoms with Crippen LogP contribution in [0.5, 0.6) is 0 Å². The highest BCUT2D eigenvalue weighted by Gasteiger charge is 2.47. The molecule has 0 aliphatic carbocycles. The first kappa shape index (κ1) is 12.4. The Bertz CT molecular complexity index is 334. The SMILES string of the molecule is O=C(O)C1(CCCCO)CCS(=O)(=O)C1. The maximum atomic E-state index is 11.3. The number of hydrogen-bond donors (Lipinski definition) is 2. The molecule has 0 aromatic carbocycles. The molecule has 0 radical (unpaired) electrons. The maximum absolute atomic E-state index is 11.3. The molecule has 0 saturated carbocycles. The van der Waals surface area contributed by atoms with Crippen LogP contribution in [0.4, 0.5) is 0 Å². The first-order valence-electron chi connectivity index (χ1n) is 4.97. The monoisotopic (exact) mass is 236 g/mol. The van der Waals surface area contributed by atoms with Gasteiger partial charge in [0.2, 0.25) is 0 Å². The summed E-state index contributed by atoms with van der Waals surface area (Å²) in [7, 11) is -3.18. The highest BCUT2D eigenvalue weighted by Crippen LogP contribution is 2.37. The van der Waals surface area contributed by atoms with Gasteiger partial charge in [0.15, 0.2) is 9.84 Å². The minimum Gasteiger partial charge on any atom is -0.481 e. The third kappa shape index (κ3) is 2.92. The Morgan fingerprint density at radius 2 is 2.00 bits per heavy atom. The zero-order valence-electron chi connectivity index (χ0n) is 8.48. The summed E-state index contributed by atoms with van der Waals surface area (Å²) in [6.45, 7) is 0.0163. The average Bonchev–Trinajstić information content (AvgIpc) is 2.44. The number of unbranched alkanes of at least 4 members (excludes halogenated alkanes) is 1. The van der Waals surface area contributed by atoms with Crippen LogP contribution in [0.15, 0.2) is 0 Å². The first-order chi connectivity index (χ1) is 6.92. The summed E-state index contributed by atoms with van der Waals surface area (Å²) in [4.78, 5) is 11.1. The van der Waals surface area contributed by atoms with Gasteiger partial charge in [-0.15, -0.1) is 0 Å². The molecule has 1 heterocycles. The van der Waals surface area contributed by atoms with Crippen molar-refractivity contribution in [1.29, 1.82) is 0 Å².